The number of aliphatic hydroxyl groups is 1. The first-order valence-electron chi connectivity index (χ1n) is 17.1. The summed E-state index contributed by atoms with van der Waals surface area (Å²) in [5, 5.41) is 21.8. The van der Waals surface area contributed by atoms with Crippen molar-refractivity contribution in [1.82, 2.24) is 0 Å². The second-order valence-corrected chi connectivity index (χ2v) is 17.2. The van der Waals surface area contributed by atoms with Gasteiger partial charge in [0.2, 0.25) is 0 Å². The first-order chi connectivity index (χ1) is 20.1. The van der Waals surface area contributed by atoms with Gasteiger partial charge in [0, 0.05) is 11.5 Å². The van der Waals surface area contributed by atoms with Gasteiger partial charge in [-0.05, 0) is 140 Å². The molecule has 0 saturated heterocycles. The quantitative estimate of drug-likeness (QED) is 0.209. The lowest BCUT2D eigenvalue weighted by Gasteiger charge is -2.73. The largest absolute Gasteiger partial charge is 0.508 e. The number of benzene rings is 1. The number of hydrogen-bond acceptors (Lipinski definition) is 4. The van der Waals surface area contributed by atoms with Crippen molar-refractivity contribution in [1.29, 1.82) is 0 Å². The molecule has 4 nitrogen and oxygen atoms in total. The molecule has 1 aromatic carbocycles. The molecule has 4 heteroatoms. The van der Waals surface area contributed by atoms with E-state index < -0.39 is 0 Å². The Morgan fingerprint density at radius 2 is 1.63 bits per heavy atom. The monoisotopic (exact) mass is 588 g/mol. The summed E-state index contributed by atoms with van der Waals surface area (Å²) < 4.78 is 6.19. The summed E-state index contributed by atoms with van der Waals surface area (Å²) in [7, 11) is 0. The van der Waals surface area contributed by atoms with Gasteiger partial charge in [-0.1, -0.05) is 65.8 Å². The molecule has 1 aromatic rings. The second kappa shape index (κ2) is 10.2. The molecule has 43 heavy (non-hydrogen) atoms. The van der Waals surface area contributed by atoms with Crippen molar-refractivity contribution in [2.45, 2.75) is 118 Å². The Hall–Kier alpha value is -2.07. The lowest BCUT2D eigenvalue weighted by Crippen LogP contribution is -2.70. The van der Waals surface area contributed by atoms with Gasteiger partial charge in [-0.2, -0.15) is 0 Å². The zero-order valence-electron chi connectivity index (χ0n) is 27.8. The smallest absolute Gasteiger partial charge is 0.331 e. The first kappa shape index (κ1) is 30.9. The molecule has 5 aliphatic rings. The van der Waals surface area contributed by atoms with Crippen molar-refractivity contribution >= 4 is 12.0 Å². The fourth-order valence-electron chi connectivity index (χ4n) is 12.7. The van der Waals surface area contributed by atoms with Crippen LogP contribution in [-0.2, 0) is 9.53 Å². The maximum absolute atomic E-state index is 13.0. The highest BCUT2D eigenvalue weighted by molar-refractivity contribution is 5.87. The normalized spacial score (nSPS) is 46.7. The fraction of sp³-hybridized carbons (Fsp3) is 0.718. The van der Waals surface area contributed by atoms with E-state index in [1.165, 1.54) is 37.3 Å². The third-order valence-corrected chi connectivity index (χ3v) is 14.9. The molecular formula is C39H56O4. The van der Waals surface area contributed by atoms with Crippen LogP contribution in [0.5, 0.6) is 5.75 Å². The van der Waals surface area contributed by atoms with Crippen molar-refractivity contribution in [3.05, 3.63) is 48.1 Å². The average Bonchev–Trinajstić information content (AvgIpc) is 3.29. The number of hydrogen-bond donors (Lipinski definition) is 2. The molecule has 11 atom stereocenters. The number of rotatable bonds is 4. The number of fused-ring (bicyclic) bond motifs is 7. The number of aromatic hydroxyl groups is 1. The molecule has 0 spiro atoms. The van der Waals surface area contributed by atoms with Crippen LogP contribution in [0, 0.1) is 56.7 Å². The molecule has 2 N–H and O–H groups in total. The third-order valence-electron chi connectivity index (χ3n) is 14.9. The standard InChI is InChI=1S/C39H56O4/c1-24(2)27-15-18-36(5)21-22-38(7)28(33(27)36)23-29(41)34-37(6)19-17-31(35(3,4)30(37)16-20-39(34,38)8)43-32(42)14-11-25-9-12-26(40)13-10-25/h9-14,27-31,33-34,40-41H,1,15-23H2,2-8H3. The summed E-state index contributed by atoms with van der Waals surface area (Å²) in [5.41, 5.74) is 2.68. The molecule has 0 aromatic heterocycles. The lowest BCUT2D eigenvalue weighted by molar-refractivity contribution is -0.276. The second-order valence-electron chi connectivity index (χ2n) is 17.2. The molecule has 0 aliphatic heterocycles. The summed E-state index contributed by atoms with van der Waals surface area (Å²) in [6.45, 7) is 21.5. The van der Waals surface area contributed by atoms with E-state index in [1.807, 2.05) is 0 Å². The van der Waals surface area contributed by atoms with Gasteiger partial charge in [0.15, 0.2) is 0 Å². The van der Waals surface area contributed by atoms with Gasteiger partial charge < -0.3 is 14.9 Å². The van der Waals surface area contributed by atoms with Crippen LogP contribution in [0.15, 0.2) is 42.5 Å². The Kier molecular flexibility index (Phi) is 7.36. The number of allylic oxidation sites excluding steroid dienone is 1. The number of ether oxygens (including phenoxy) is 1. The molecule has 5 fully saturated rings. The van der Waals surface area contributed by atoms with Crippen LogP contribution in [0.3, 0.4) is 0 Å². The highest BCUT2D eigenvalue weighted by Gasteiger charge is 2.72. The summed E-state index contributed by atoms with van der Waals surface area (Å²) in [6, 6.07) is 6.81. The van der Waals surface area contributed by atoms with E-state index in [1.54, 1.807) is 30.3 Å². The predicted octanol–water partition coefficient (Wildman–Crippen LogP) is 8.97. The Morgan fingerprint density at radius 3 is 2.30 bits per heavy atom. The van der Waals surface area contributed by atoms with Crippen LogP contribution in [0.1, 0.15) is 112 Å². The molecule has 0 bridgehead atoms. The van der Waals surface area contributed by atoms with E-state index in [4.69, 9.17) is 4.74 Å². The summed E-state index contributed by atoms with van der Waals surface area (Å²) in [4.78, 5) is 13.0. The van der Waals surface area contributed by atoms with E-state index in [0.717, 1.165) is 37.7 Å². The highest BCUT2D eigenvalue weighted by Crippen LogP contribution is 2.77. The van der Waals surface area contributed by atoms with Gasteiger partial charge in [0.1, 0.15) is 11.9 Å². The minimum absolute atomic E-state index is 0.00113. The van der Waals surface area contributed by atoms with Gasteiger partial charge >= 0.3 is 5.97 Å². The van der Waals surface area contributed by atoms with E-state index in [2.05, 4.69) is 55.0 Å². The van der Waals surface area contributed by atoms with Gasteiger partial charge in [-0.3, -0.25) is 0 Å². The number of phenolic OH excluding ortho intramolecular Hbond substituents is 1. The Balaban J connectivity index is 1.25. The lowest BCUT2D eigenvalue weighted by atomic mass is 9.32. The van der Waals surface area contributed by atoms with Crippen LogP contribution in [0.4, 0.5) is 0 Å². The maximum Gasteiger partial charge on any atom is 0.331 e. The maximum atomic E-state index is 13.0. The molecule has 0 radical (unpaired) electrons. The zero-order chi connectivity index (χ0) is 31.2. The number of carbonyl (C=O) groups is 1. The minimum Gasteiger partial charge on any atom is -0.508 e. The number of esters is 1. The van der Waals surface area contributed by atoms with E-state index in [-0.39, 0.29) is 51.5 Å². The number of phenols is 1. The van der Waals surface area contributed by atoms with Crippen molar-refractivity contribution in [3.8, 4) is 5.75 Å². The summed E-state index contributed by atoms with van der Waals surface area (Å²) >= 11 is 0. The zero-order valence-corrected chi connectivity index (χ0v) is 27.8. The molecule has 6 rings (SSSR count). The first-order valence-corrected chi connectivity index (χ1v) is 17.1. The highest BCUT2D eigenvalue weighted by atomic mass is 16.5. The topological polar surface area (TPSA) is 66.8 Å². The van der Waals surface area contributed by atoms with E-state index in [0.29, 0.717) is 29.1 Å². The minimum atomic E-state index is -0.308. The summed E-state index contributed by atoms with van der Waals surface area (Å²) in [6.07, 6.45) is 12.9. The van der Waals surface area contributed by atoms with Crippen LogP contribution in [0.2, 0.25) is 0 Å². The van der Waals surface area contributed by atoms with Crippen molar-refractivity contribution < 1.29 is 19.7 Å². The molecule has 5 aliphatic carbocycles. The van der Waals surface area contributed by atoms with Crippen LogP contribution < -0.4 is 0 Å². The fourth-order valence-corrected chi connectivity index (χ4v) is 12.7. The number of carbonyl (C=O) groups excluding carboxylic acids is 1. The van der Waals surface area contributed by atoms with Gasteiger partial charge in [-0.15, -0.1) is 0 Å². The van der Waals surface area contributed by atoms with E-state index in [9.17, 15) is 15.0 Å². The van der Waals surface area contributed by atoms with E-state index >= 15 is 0 Å². The number of aliphatic hydroxyl groups excluding tert-OH is 1. The molecule has 11 unspecified atom stereocenters. The Morgan fingerprint density at radius 1 is 0.930 bits per heavy atom. The molecular weight excluding hydrogens is 532 g/mol. The van der Waals surface area contributed by atoms with Crippen LogP contribution >= 0.6 is 0 Å². The predicted molar refractivity (Wildman–Crippen MR) is 173 cm³/mol. The van der Waals surface area contributed by atoms with Gasteiger partial charge in [0.25, 0.3) is 0 Å². The van der Waals surface area contributed by atoms with Gasteiger partial charge in [0.05, 0.1) is 6.10 Å². The third kappa shape index (κ3) is 4.50. The summed E-state index contributed by atoms with van der Waals surface area (Å²) in [5.74, 6) is 2.28. The molecule has 0 heterocycles. The molecule has 236 valence electrons. The van der Waals surface area contributed by atoms with Crippen LogP contribution in [-0.4, -0.2) is 28.4 Å². The molecule has 5 saturated carbocycles. The SMILES string of the molecule is C=C(C)C1CCC2(C)CCC3(C)C(CC(O)C4C5(C)CCC(OC(=O)C=Cc6ccc(O)cc6)C(C)(C)C5CCC43C)C12. The molecule has 0 amide bonds. The Labute approximate surface area is 260 Å². The Bertz CT molecular complexity index is 1290. The van der Waals surface area contributed by atoms with Crippen LogP contribution in [0.25, 0.3) is 6.08 Å². The van der Waals surface area contributed by atoms with Crippen molar-refractivity contribution in [3.63, 3.8) is 0 Å². The van der Waals surface area contributed by atoms with Crippen molar-refractivity contribution in [2.75, 3.05) is 0 Å². The van der Waals surface area contributed by atoms with Gasteiger partial charge in [-0.25, -0.2) is 4.79 Å². The average molecular weight is 589 g/mol. The van der Waals surface area contributed by atoms with Crippen molar-refractivity contribution in [2.24, 2.45) is 56.7 Å².